The lowest BCUT2D eigenvalue weighted by Crippen LogP contribution is -2.48. The summed E-state index contributed by atoms with van der Waals surface area (Å²) in [5.41, 5.74) is 0.0449. The highest BCUT2D eigenvalue weighted by molar-refractivity contribution is 5.78. The van der Waals surface area contributed by atoms with E-state index in [2.05, 4.69) is 4.74 Å². The van der Waals surface area contributed by atoms with Crippen LogP contribution in [-0.2, 0) is 14.9 Å². The molecule has 0 saturated heterocycles. The fourth-order valence-electron chi connectivity index (χ4n) is 2.54. The Morgan fingerprint density at radius 3 is 1.81 bits per heavy atom. The number of methoxy groups -OCH3 is 1. The summed E-state index contributed by atoms with van der Waals surface area (Å²) in [5, 5.41) is 20.5. The van der Waals surface area contributed by atoms with Crippen LogP contribution in [0.5, 0.6) is 0 Å². The van der Waals surface area contributed by atoms with Gasteiger partial charge in [0.1, 0.15) is 0 Å². The number of hydrogen-bond donors (Lipinski definition) is 2. The minimum atomic E-state index is -1.50. The molecule has 2 aromatic rings. The normalized spacial score (nSPS) is 12.7. The summed E-state index contributed by atoms with van der Waals surface area (Å²) in [5.74, 6) is -0.781. The van der Waals surface area contributed by atoms with Crippen LogP contribution in [0.15, 0.2) is 60.7 Å². The van der Waals surface area contributed by atoms with E-state index >= 15 is 0 Å². The Hall–Kier alpha value is -2.17. The zero-order valence-corrected chi connectivity index (χ0v) is 11.8. The lowest BCUT2D eigenvalue weighted by Gasteiger charge is -2.36. The lowest BCUT2D eigenvalue weighted by atomic mass is 9.71. The molecule has 0 aliphatic rings. The van der Waals surface area contributed by atoms with Crippen LogP contribution < -0.4 is 0 Å². The molecule has 4 heteroatoms. The van der Waals surface area contributed by atoms with E-state index in [0.717, 1.165) is 0 Å². The van der Waals surface area contributed by atoms with Gasteiger partial charge in [-0.3, -0.25) is 0 Å². The maximum Gasteiger partial charge on any atom is 0.336 e. The molecule has 110 valence electrons. The number of esters is 1. The van der Waals surface area contributed by atoms with Crippen molar-refractivity contribution < 1.29 is 19.7 Å². The third kappa shape index (κ3) is 2.68. The van der Waals surface area contributed by atoms with Crippen molar-refractivity contribution in [3.63, 3.8) is 0 Å². The van der Waals surface area contributed by atoms with Crippen LogP contribution in [-0.4, -0.2) is 36.0 Å². The number of aliphatic hydroxyl groups is 2. The Balaban J connectivity index is 2.65. The van der Waals surface area contributed by atoms with Gasteiger partial charge in [-0.1, -0.05) is 60.7 Å². The van der Waals surface area contributed by atoms with Crippen LogP contribution in [0, 0.1) is 0 Å². The average molecular weight is 286 g/mol. The van der Waals surface area contributed by atoms with Gasteiger partial charge in [0.15, 0.2) is 6.10 Å². The van der Waals surface area contributed by atoms with Crippen LogP contribution in [0.2, 0.25) is 0 Å². The van der Waals surface area contributed by atoms with Crippen LogP contribution >= 0.6 is 0 Å². The number of carbonyl (C=O) groups excluding carboxylic acids is 1. The highest BCUT2D eigenvalue weighted by Gasteiger charge is 2.45. The molecule has 0 aliphatic carbocycles. The van der Waals surface area contributed by atoms with Gasteiger partial charge in [-0.05, 0) is 11.1 Å². The maximum atomic E-state index is 11.9. The summed E-state index contributed by atoms with van der Waals surface area (Å²) in [4.78, 5) is 11.9. The first-order valence-electron chi connectivity index (χ1n) is 6.64. The smallest absolute Gasteiger partial charge is 0.336 e. The second-order valence-corrected chi connectivity index (χ2v) is 4.79. The molecule has 1 atom stereocenters. The molecule has 2 N–H and O–H groups in total. The SMILES string of the molecule is COC(=O)C(O)C(CO)(c1ccccc1)c1ccccc1. The Kier molecular flexibility index (Phi) is 4.73. The summed E-state index contributed by atoms with van der Waals surface area (Å²) in [6.45, 7) is -0.419. The number of carbonyl (C=O) groups is 1. The largest absolute Gasteiger partial charge is 0.467 e. The van der Waals surface area contributed by atoms with Gasteiger partial charge in [0.2, 0.25) is 0 Å². The molecule has 2 aromatic carbocycles. The summed E-state index contributed by atoms with van der Waals surface area (Å²) >= 11 is 0. The lowest BCUT2D eigenvalue weighted by molar-refractivity contribution is -0.154. The topological polar surface area (TPSA) is 66.8 Å². The summed E-state index contributed by atoms with van der Waals surface area (Å²) < 4.78 is 4.66. The minimum Gasteiger partial charge on any atom is -0.467 e. The quantitative estimate of drug-likeness (QED) is 0.817. The number of aliphatic hydroxyl groups excluding tert-OH is 2. The Morgan fingerprint density at radius 1 is 1.05 bits per heavy atom. The van der Waals surface area contributed by atoms with Gasteiger partial charge in [-0.2, -0.15) is 0 Å². The zero-order chi connectivity index (χ0) is 15.3. The summed E-state index contributed by atoms with van der Waals surface area (Å²) in [7, 11) is 1.21. The van der Waals surface area contributed by atoms with Crippen LogP contribution in [0.25, 0.3) is 0 Å². The van der Waals surface area contributed by atoms with Crippen molar-refractivity contribution in [3.8, 4) is 0 Å². The van der Waals surface area contributed by atoms with Crippen molar-refractivity contribution in [1.82, 2.24) is 0 Å². The number of hydrogen-bond acceptors (Lipinski definition) is 4. The summed E-state index contributed by atoms with van der Waals surface area (Å²) in [6, 6.07) is 18.0. The van der Waals surface area contributed by atoms with E-state index in [1.807, 2.05) is 12.1 Å². The average Bonchev–Trinajstić information content (AvgIpc) is 2.57. The van der Waals surface area contributed by atoms with E-state index in [-0.39, 0.29) is 0 Å². The van der Waals surface area contributed by atoms with Crippen LogP contribution in [0.4, 0.5) is 0 Å². The van der Waals surface area contributed by atoms with Gasteiger partial charge in [-0.15, -0.1) is 0 Å². The van der Waals surface area contributed by atoms with Crippen LogP contribution in [0.1, 0.15) is 11.1 Å². The van der Waals surface area contributed by atoms with Crippen LogP contribution in [0.3, 0.4) is 0 Å². The van der Waals surface area contributed by atoms with Crippen molar-refractivity contribution in [1.29, 1.82) is 0 Å². The van der Waals surface area contributed by atoms with Gasteiger partial charge in [0.05, 0.1) is 19.1 Å². The first-order chi connectivity index (χ1) is 10.2. The predicted molar refractivity (Wildman–Crippen MR) is 78.8 cm³/mol. The number of rotatable bonds is 5. The molecule has 0 spiro atoms. The fraction of sp³-hybridized carbons (Fsp3) is 0.235. The molecule has 0 aromatic heterocycles. The van der Waals surface area contributed by atoms with E-state index < -0.39 is 24.1 Å². The van der Waals surface area contributed by atoms with E-state index in [9.17, 15) is 15.0 Å². The molecule has 0 saturated carbocycles. The zero-order valence-electron chi connectivity index (χ0n) is 11.8. The molecule has 0 amide bonds. The second kappa shape index (κ2) is 6.52. The molecule has 21 heavy (non-hydrogen) atoms. The summed E-state index contributed by atoms with van der Waals surface area (Å²) in [6.07, 6.45) is -1.50. The highest BCUT2D eigenvalue weighted by atomic mass is 16.5. The van der Waals surface area contributed by atoms with Crippen molar-refractivity contribution in [2.75, 3.05) is 13.7 Å². The van der Waals surface area contributed by atoms with Crippen molar-refractivity contribution in [3.05, 3.63) is 71.8 Å². The third-order valence-corrected chi connectivity index (χ3v) is 3.72. The van der Waals surface area contributed by atoms with Gasteiger partial charge in [-0.25, -0.2) is 4.79 Å². The second-order valence-electron chi connectivity index (χ2n) is 4.79. The minimum absolute atomic E-state index is 0.419. The Labute approximate surface area is 123 Å². The Bertz CT molecular complexity index is 541. The van der Waals surface area contributed by atoms with Gasteiger partial charge < -0.3 is 14.9 Å². The molecule has 2 rings (SSSR count). The number of benzene rings is 2. The molecule has 0 fully saturated rings. The molecule has 1 unspecified atom stereocenters. The monoisotopic (exact) mass is 286 g/mol. The first-order valence-corrected chi connectivity index (χ1v) is 6.64. The molecular weight excluding hydrogens is 268 g/mol. The van der Waals surface area contributed by atoms with Crippen molar-refractivity contribution in [2.24, 2.45) is 0 Å². The molecule has 0 aliphatic heterocycles. The van der Waals surface area contributed by atoms with E-state index in [4.69, 9.17) is 0 Å². The third-order valence-electron chi connectivity index (χ3n) is 3.72. The maximum absolute atomic E-state index is 11.9. The van der Waals surface area contributed by atoms with Crippen molar-refractivity contribution >= 4 is 5.97 Å². The fourth-order valence-corrected chi connectivity index (χ4v) is 2.54. The van der Waals surface area contributed by atoms with E-state index in [0.29, 0.717) is 11.1 Å². The number of ether oxygens (including phenoxy) is 1. The Morgan fingerprint density at radius 2 is 1.48 bits per heavy atom. The van der Waals surface area contributed by atoms with Gasteiger partial charge >= 0.3 is 5.97 Å². The predicted octanol–water partition coefficient (Wildman–Crippen LogP) is 1.50. The molecule has 4 nitrogen and oxygen atoms in total. The van der Waals surface area contributed by atoms with Gasteiger partial charge in [0.25, 0.3) is 0 Å². The highest BCUT2D eigenvalue weighted by Crippen LogP contribution is 2.36. The molecule has 0 bridgehead atoms. The first kappa shape index (κ1) is 15.2. The van der Waals surface area contributed by atoms with E-state index in [1.165, 1.54) is 7.11 Å². The van der Waals surface area contributed by atoms with E-state index in [1.54, 1.807) is 48.5 Å². The molecule has 0 heterocycles. The van der Waals surface area contributed by atoms with Crippen molar-refractivity contribution in [2.45, 2.75) is 11.5 Å². The molecule has 0 radical (unpaired) electrons. The van der Waals surface area contributed by atoms with Gasteiger partial charge in [0, 0.05) is 0 Å². The molecular formula is C17H18O4. The standard InChI is InChI=1S/C17H18O4/c1-21-16(20)15(19)17(12-18,13-8-4-2-5-9-13)14-10-6-3-7-11-14/h2-11,15,18-19H,12H2,1H3.